The number of nitrogens with two attached hydrogens (primary N) is 1. The van der Waals surface area contributed by atoms with Gasteiger partial charge in [0.15, 0.2) is 0 Å². The standard InChI is InChI=1S/C24H19N3O2/c25-24(29)20-11-5-4-10-19(20)21-14-17(22-12-6-7-13-26-22)15-27(23(21)16-28)18-8-2-1-3-9-18/h1-16,23H,(H2,25,29). The smallest absolute Gasteiger partial charge is 0.249 e. The van der Waals surface area contributed by atoms with Gasteiger partial charge in [-0.2, -0.15) is 0 Å². The molecule has 29 heavy (non-hydrogen) atoms. The van der Waals surface area contributed by atoms with Gasteiger partial charge in [0.2, 0.25) is 5.91 Å². The Kier molecular flexibility index (Phi) is 5.03. The van der Waals surface area contributed by atoms with Crippen LogP contribution in [0.1, 0.15) is 21.6 Å². The van der Waals surface area contributed by atoms with Crippen molar-refractivity contribution in [3.63, 3.8) is 0 Å². The van der Waals surface area contributed by atoms with Crippen molar-refractivity contribution in [1.29, 1.82) is 0 Å². The number of aldehydes is 1. The third-order valence-electron chi connectivity index (χ3n) is 4.85. The summed E-state index contributed by atoms with van der Waals surface area (Å²) in [4.78, 5) is 30.6. The van der Waals surface area contributed by atoms with E-state index in [4.69, 9.17) is 5.73 Å². The Balaban J connectivity index is 1.93. The minimum Gasteiger partial charge on any atom is -0.366 e. The van der Waals surface area contributed by atoms with Gasteiger partial charge < -0.3 is 15.4 Å². The number of para-hydroxylation sites is 1. The first kappa shape index (κ1) is 18.4. The Morgan fingerprint density at radius 3 is 2.38 bits per heavy atom. The second-order valence-electron chi connectivity index (χ2n) is 6.63. The predicted molar refractivity (Wildman–Crippen MR) is 114 cm³/mol. The van der Waals surface area contributed by atoms with E-state index in [9.17, 15) is 9.59 Å². The number of allylic oxidation sites excluding steroid dienone is 2. The van der Waals surface area contributed by atoms with Crippen LogP contribution in [-0.4, -0.2) is 23.2 Å². The number of amides is 1. The number of carbonyl (C=O) groups is 2. The molecule has 2 N–H and O–H groups in total. The van der Waals surface area contributed by atoms with Gasteiger partial charge in [0, 0.05) is 29.2 Å². The van der Waals surface area contributed by atoms with Crippen LogP contribution in [0, 0.1) is 0 Å². The Morgan fingerprint density at radius 1 is 0.966 bits per heavy atom. The minimum absolute atomic E-state index is 0.376. The van der Waals surface area contributed by atoms with Gasteiger partial charge in [-0.3, -0.25) is 9.78 Å². The third-order valence-corrected chi connectivity index (χ3v) is 4.85. The molecule has 0 saturated carbocycles. The van der Waals surface area contributed by atoms with Gasteiger partial charge in [-0.05, 0) is 47.5 Å². The van der Waals surface area contributed by atoms with Crippen LogP contribution in [0.3, 0.4) is 0 Å². The van der Waals surface area contributed by atoms with Gasteiger partial charge in [0.1, 0.15) is 12.3 Å². The lowest BCUT2D eigenvalue weighted by Gasteiger charge is -2.33. The molecule has 0 fully saturated rings. The van der Waals surface area contributed by atoms with E-state index in [1.54, 1.807) is 18.3 Å². The minimum atomic E-state index is -0.606. The fourth-order valence-corrected chi connectivity index (χ4v) is 3.50. The summed E-state index contributed by atoms with van der Waals surface area (Å²) in [5, 5.41) is 0. The number of carbonyl (C=O) groups excluding carboxylic acids is 2. The molecule has 1 unspecified atom stereocenters. The van der Waals surface area contributed by atoms with Gasteiger partial charge in [-0.25, -0.2) is 0 Å². The average Bonchev–Trinajstić information content (AvgIpc) is 2.79. The van der Waals surface area contributed by atoms with Crippen molar-refractivity contribution in [3.8, 4) is 0 Å². The number of nitrogens with zero attached hydrogens (tertiary/aromatic N) is 2. The molecule has 2 heterocycles. The van der Waals surface area contributed by atoms with E-state index < -0.39 is 11.9 Å². The summed E-state index contributed by atoms with van der Waals surface area (Å²) in [7, 11) is 0. The number of rotatable bonds is 5. The lowest BCUT2D eigenvalue weighted by Crippen LogP contribution is -2.36. The molecule has 1 atom stereocenters. The van der Waals surface area contributed by atoms with E-state index >= 15 is 0 Å². The SMILES string of the molecule is NC(=O)c1ccccc1C1=CC(c2ccccn2)=CN(c2ccccc2)C1C=O. The molecule has 1 aliphatic rings. The zero-order chi connectivity index (χ0) is 20.2. The lowest BCUT2D eigenvalue weighted by molar-refractivity contribution is -0.107. The molecule has 3 aromatic rings. The highest BCUT2D eigenvalue weighted by Crippen LogP contribution is 2.35. The maximum absolute atomic E-state index is 12.2. The van der Waals surface area contributed by atoms with Crippen LogP contribution in [0.4, 0.5) is 5.69 Å². The maximum atomic E-state index is 12.2. The average molecular weight is 381 g/mol. The highest BCUT2D eigenvalue weighted by atomic mass is 16.1. The van der Waals surface area contributed by atoms with Crippen LogP contribution in [0.25, 0.3) is 11.1 Å². The summed E-state index contributed by atoms with van der Waals surface area (Å²) in [6, 6.07) is 21.8. The van der Waals surface area contributed by atoms with Crippen molar-refractivity contribution >= 4 is 29.0 Å². The molecular weight excluding hydrogens is 362 g/mol. The summed E-state index contributed by atoms with van der Waals surface area (Å²) >= 11 is 0. The number of benzene rings is 2. The summed E-state index contributed by atoms with van der Waals surface area (Å²) in [6.07, 6.45) is 6.41. The molecule has 4 rings (SSSR count). The second-order valence-corrected chi connectivity index (χ2v) is 6.63. The molecule has 0 spiro atoms. The van der Waals surface area contributed by atoms with Gasteiger partial charge >= 0.3 is 0 Å². The zero-order valence-electron chi connectivity index (χ0n) is 15.6. The lowest BCUT2D eigenvalue weighted by atomic mass is 9.89. The van der Waals surface area contributed by atoms with Crippen LogP contribution in [0.15, 0.2) is 91.3 Å². The van der Waals surface area contributed by atoms with E-state index in [0.29, 0.717) is 16.7 Å². The first-order valence-electron chi connectivity index (χ1n) is 9.22. The Bertz CT molecular complexity index is 1110. The van der Waals surface area contributed by atoms with Gasteiger partial charge in [-0.15, -0.1) is 0 Å². The molecule has 0 aliphatic carbocycles. The summed E-state index contributed by atoms with van der Waals surface area (Å²) in [5.41, 5.74) is 9.78. The number of hydrogen-bond acceptors (Lipinski definition) is 4. The van der Waals surface area contributed by atoms with Crippen molar-refractivity contribution < 1.29 is 9.59 Å². The quantitative estimate of drug-likeness (QED) is 0.684. The largest absolute Gasteiger partial charge is 0.366 e. The van der Waals surface area contributed by atoms with Gasteiger partial charge in [0.25, 0.3) is 0 Å². The first-order chi connectivity index (χ1) is 14.2. The van der Waals surface area contributed by atoms with Crippen molar-refractivity contribution in [3.05, 3.63) is 108 Å². The molecule has 1 amide bonds. The third kappa shape index (κ3) is 3.58. The molecule has 0 bridgehead atoms. The van der Waals surface area contributed by atoms with Gasteiger partial charge in [-0.1, -0.05) is 42.5 Å². The van der Waals surface area contributed by atoms with E-state index in [-0.39, 0.29) is 0 Å². The topological polar surface area (TPSA) is 76.3 Å². The second kappa shape index (κ2) is 7.94. The van der Waals surface area contributed by atoms with Gasteiger partial charge in [0.05, 0.1) is 5.69 Å². The molecular formula is C24H19N3O2. The Hall–Kier alpha value is -3.99. The molecule has 0 saturated heterocycles. The Morgan fingerprint density at radius 2 is 1.69 bits per heavy atom. The summed E-state index contributed by atoms with van der Waals surface area (Å²) < 4.78 is 0. The van der Waals surface area contributed by atoms with Crippen LogP contribution in [0.2, 0.25) is 0 Å². The zero-order valence-corrected chi connectivity index (χ0v) is 15.6. The van der Waals surface area contributed by atoms with Crippen molar-refractivity contribution in [2.45, 2.75) is 6.04 Å². The van der Waals surface area contributed by atoms with E-state index in [2.05, 4.69) is 4.98 Å². The molecule has 1 aromatic heterocycles. The van der Waals surface area contributed by atoms with Crippen LogP contribution in [-0.2, 0) is 4.79 Å². The van der Waals surface area contributed by atoms with Crippen LogP contribution in [0.5, 0.6) is 0 Å². The highest BCUT2D eigenvalue weighted by molar-refractivity contribution is 6.04. The van der Waals surface area contributed by atoms with Crippen molar-refractivity contribution in [2.24, 2.45) is 5.73 Å². The molecule has 1 aliphatic heterocycles. The molecule has 0 radical (unpaired) electrons. The number of primary amides is 1. The summed E-state index contributed by atoms with van der Waals surface area (Å²) in [5.74, 6) is -0.536. The van der Waals surface area contributed by atoms with E-state index in [0.717, 1.165) is 23.2 Å². The van der Waals surface area contributed by atoms with Crippen molar-refractivity contribution in [2.75, 3.05) is 4.90 Å². The fourth-order valence-electron chi connectivity index (χ4n) is 3.50. The molecule has 5 nitrogen and oxygen atoms in total. The van der Waals surface area contributed by atoms with E-state index in [1.807, 2.05) is 77.8 Å². The summed E-state index contributed by atoms with van der Waals surface area (Å²) in [6.45, 7) is 0. The highest BCUT2D eigenvalue weighted by Gasteiger charge is 2.29. The molecule has 142 valence electrons. The number of anilines is 1. The first-order valence-corrected chi connectivity index (χ1v) is 9.22. The maximum Gasteiger partial charge on any atom is 0.249 e. The fraction of sp³-hybridized carbons (Fsp3) is 0.0417. The normalized spacial score (nSPS) is 16.0. The van der Waals surface area contributed by atoms with Crippen LogP contribution >= 0.6 is 0 Å². The number of aromatic nitrogens is 1. The van der Waals surface area contributed by atoms with Crippen LogP contribution < -0.4 is 10.6 Å². The number of hydrogen-bond donors (Lipinski definition) is 1. The van der Waals surface area contributed by atoms with E-state index in [1.165, 1.54) is 0 Å². The van der Waals surface area contributed by atoms with Crippen molar-refractivity contribution in [1.82, 2.24) is 4.98 Å². The Labute approximate surface area is 168 Å². The monoisotopic (exact) mass is 381 g/mol. The predicted octanol–water partition coefficient (Wildman–Crippen LogP) is 3.69. The number of pyridine rings is 1. The molecule has 2 aromatic carbocycles. The molecule has 5 heteroatoms.